The SMILES string of the molecule is Cc1cc(F)c(-c2cc(C(F)(F)F)c3c(N)ncnn23)cc1C(=O)N(C(=O)C(F)(F)F)[C@@H]1CN(C(=O)C2CCC(F)(F)C2)C[C@@H]1F. The van der Waals surface area contributed by atoms with Crippen LogP contribution in [0.1, 0.15) is 40.7 Å². The van der Waals surface area contributed by atoms with E-state index in [0.29, 0.717) is 27.6 Å². The summed E-state index contributed by atoms with van der Waals surface area (Å²) in [5, 5.41) is 3.65. The Balaban J connectivity index is 1.57. The third-order valence-electron chi connectivity index (χ3n) is 8.00. The zero-order valence-electron chi connectivity index (χ0n) is 23.4. The van der Waals surface area contributed by atoms with Crippen molar-refractivity contribution >= 4 is 29.1 Å². The summed E-state index contributed by atoms with van der Waals surface area (Å²) in [6.45, 7) is -0.825. The van der Waals surface area contributed by atoms with E-state index in [2.05, 4.69) is 10.1 Å². The second kappa shape index (κ2) is 11.1. The highest BCUT2D eigenvalue weighted by molar-refractivity contribution is 6.08. The number of halogens is 10. The average Bonchev–Trinajstić information content (AvgIpc) is 3.63. The molecule has 1 aliphatic carbocycles. The minimum Gasteiger partial charge on any atom is -0.382 e. The van der Waals surface area contributed by atoms with Crippen molar-refractivity contribution in [3.05, 3.63) is 47.0 Å². The van der Waals surface area contributed by atoms with E-state index in [1.54, 1.807) is 0 Å². The summed E-state index contributed by atoms with van der Waals surface area (Å²) in [4.78, 5) is 42.7. The van der Waals surface area contributed by atoms with Crippen LogP contribution < -0.4 is 5.73 Å². The maximum atomic E-state index is 15.3. The highest BCUT2D eigenvalue weighted by Gasteiger charge is 2.53. The van der Waals surface area contributed by atoms with Gasteiger partial charge in [-0.05, 0) is 37.1 Å². The smallest absolute Gasteiger partial charge is 0.382 e. The molecule has 3 heterocycles. The number of carbonyl (C=O) groups excluding carboxylic acids is 3. The summed E-state index contributed by atoms with van der Waals surface area (Å²) in [6, 6.07) is -0.631. The number of rotatable bonds is 4. The number of nitrogen functional groups attached to an aromatic ring is 1. The highest BCUT2D eigenvalue weighted by Crippen LogP contribution is 2.42. The number of hydrogen-bond donors (Lipinski definition) is 1. The lowest BCUT2D eigenvalue weighted by atomic mass is 10.00. The van der Waals surface area contributed by atoms with Crippen LogP contribution in [0, 0.1) is 18.7 Å². The van der Waals surface area contributed by atoms with Crippen LogP contribution in [0.25, 0.3) is 16.8 Å². The number of alkyl halides is 9. The molecular weight excluding hydrogens is 646 g/mol. The fourth-order valence-electron chi connectivity index (χ4n) is 5.82. The molecule has 0 spiro atoms. The van der Waals surface area contributed by atoms with Crippen molar-refractivity contribution in [1.29, 1.82) is 0 Å². The van der Waals surface area contributed by atoms with Crippen LogP contribution in [0.2, 0.25) is 0 Å². The summed E-state index contributed by atoms with van der Waals surface area (Å²) in [5.74, 6) is -12.0. The van der Waals surface area contributed by atoms with E-state index in [1.165, 1.54) is 0 Å². The minimum absolute atomic E-state index is 0.271. The van der Waals surface area contributed by atoms with E-state index < -0.39 is 124 Å². The first kappa shape index (κ1) is 32.9. The number of benzene rings is 1. The fraction of sp³-hybridized carbons (Fsp3) is 0.444. The summed E-state index contributed by atoms with van der Waals surface area (Å²) in [5.41, 5.74) is 0.768. The van der Waals surface area contributed by atoms with Crippen LogP contribution in [0.5, 0.6) is 0 Å². The minimum atomic E-state index is -5.76. The number of amides is 3. The molecule has 1 aliphatic heterocycles. The molecule has 0 radical (unpaired) electrons. The first-order valence-electron chi connectivity index (χ1n) is 13.5. The molecule has 5 rings (SSSR count). The molecule has 1 saturated heterocycles. The van der Waals surface area contributed by atoms with Gasteiger partial charge in [-0.25, -0.2) is 27.1 Å². The second-order valence-corrected chi connectivity index (χ2v) is 11.1. The number of nitrogens with two attached hydrogens (primary N) is 1. The maximum Gasteiger partial charge on any atom is 0.471 e. The molecule has 3 aromatic rings. The summed E-state index contributed by atoms with van der Waals surface area (Å²) in [7, 11) is 0. The summed E-state index contributed by atoms with van der Waals surface area (Å²) in [6.07, 6.45) is -14.3. The molecule has 19 heteroatoms. The number of aromatic nitrogens is 3. The van der Waals surface area contributed by atoms with Crippen LogP contribution in [0.4, 0.5) is 49.7 Å². The van der Waals surface area contributed by atoms with E-state index in [-0.39, 0.29) is 12.0 Å². The number of carbonyl (C=O) groups is 3. The molecule has 0 bridgehead atoms. The van der Waals surface area contributed by atoms with Crippen molar-refractivity contribution < 1.29 is 58.3 Å². The van der Waals surface area contributed by atoms with Gasteiger partial charge in [-0.2, -0.15) is 31.4 Å². The lowest BCUT2D eigenvalue weighted by Crippen LogP contribution is -2.54. The first-order chi connectivity index (χ1) is 21.2. The monoisotopic (exact) mass is 668 g/mol. The predicted molar refractivity (Wildman–Crippen MR) is 137 cm³/mol. The van der Waals surface area contributed by atoms with Gasteiger partial charge in [0, 0.05) is 36.4 Å². The van der Waals surface area contributed by atoms with E-state index in [1.807, 2.05) is 0 Å². The van der Waals surface area contributed by atoms with Crippen LogP contribution in [0.15, 0.2) is 24.5 Å². The molecule has 2 aliphatic rings. The Bertz CT molecular complexity index is 1740. The van der Waals surface area contributed by atoms with Crippen molar-refractivity contribution in [3.63, 3.8) is 0 Å². The highest BCUT2D eigenvalue weighted by atomic mass is 19.4. The quantitative estimate of drug-likeness (QED) is 0.394. The molecule has 9 nitrogen and oxygen atoms in total. The topological polar surface area (TPSA) is 114 Å². The van der Waals surface area contributed by atoms with Crippen molar-refractivity contribution in [3.8, 4) is 11.3 Å². The van der Waals surface area contributed by atoms with Gasteiger partial charge in [-0.1, -0.05) is 0 Å². The molecule has 2 fully saturated rings. The van der Waals surface area contributed by atoms with Crippen molar-refractivity contribution in [2.24, 2.45) is 5.92 Å². The van der Waals surface area contributed by atoms with Gasteiger partial charge in [0.2, 0.25) is 11.8 Å². The summed E-state index contributed by atoms with van der Waals surface area (Å²) >= 11 is 0. The summed E-state index contributed by atoms with van der Waals surface area (Å²) < 4.78 is 141. The van der Waals surface area contributed by atoms with Crippen LogP contribution in [-0.2, 0) is 15.8 Å². The molecule has 1 aromatic carbocycles. The first-order valence-corrected chi connectivity index (χ1v) is 13.5. The van der Waals surface area contributed by atoms with E-state index in [0.717, 1.165) is 13.3 Å². The van der Waals surface area contributed by atoms with Crippen LogP contribution in [-0.4, -0.2) is 79.5 Å². The second-order valence-electron chi connectivity index (χ2n) is 11.1. The molecule has 1 unspecified atom stereocenters. The standard InChI is InChI=1S/C27H22F10N6O3/c1-11-4-16(28)14(18-6-15(26(32,33)34)20-21(38)39-10-40-43(18)20)5-13(11)23(45)42(24(46)27(35,36)37)19-9-41(8-17(19)29)22(44)12-2-3-25(30,31)7-12/h4-6,10,12,17,19H,2-3,7-9H2,1H3,(H2,38,39,40)/t12?,17-,19+/m0/s1. The zero-order valence-corrected chi connectivity index (χ0v) is 23.4. The van der Waals surface area contributed by atoms with Gasteiger partial charge >= 0.3 is 18.3 Å². The molecule has 2 aromatic heterocycles. The van der Waals surface area contributed by atoms with Gasteiger partial charge in [0.1, 0.15) is 23.8 Å². The average molecular weight is 668 g/mol. The lowest BCUT2D eigenvalue weighted by Gasteiger charge is -2.29. The van der Waals surface area contributed by atoms with Crippen LogP contribution in [0.3, 0.4) is 0 Å². The van der Waals surface area contributed by atoms with Crippen molar-refractivity contribution in [2.45, 2.75) is 56.7 Å². The Kier molecular flexibility index (Phi) is 7.95. The van der Waals surface area contributed by atoms with Gasteiger partial charge in [0.05, 0.1) is 23.8 Å². The Morgan fingerprint density at radius 2 is 1.74 bits per heavy atom. The Hall–Kier alpha value is -4.45. The Morgan fingerprint density at radius 1 is 1.07 bits per heavy atom. The number of fused-ring (bicyclic) bond motifs is 1. The number of nitrogens with zero attached hydrogens (tertiary/aromatic N) is 5. The van der Waals surface area contributed by atoms with E-state index in [9.17, 15) is 49.5 Å². The van der Waals surface area contributed by atoms with E-state index in [4.69, 9.17) is 5.73 Å². The van der Waals surface area contributed by atoms with Crippen molar-refractivity contribution in [2.75, 3.05) is 18.8 Å². The Morgan fingerprint density at radius 3 is 2.33 bits per heavy atom. The Labute approximate surface area is 251 Å². The number of anilines is 1. The number of imide groups is 1. The van der Waals surface area contributed by atoms with E-state index >= 15 is 8.78 Å². The molecule has 1 saturated carbocycles. The molecule has 2 N–H and O–H groups in total. The van der Waals surface area contributed by atoms with Crippen molar-refractivity contribution in [1.82, 2.24) is 24.4 Å². The van der Waals surface area contributed by atoms with Gasteiger partial charge in [0.25, 0.3) is 5.91 Å². The normalized spacial score (nSPS) is 21.6. The predicted octanol–water partition coefficient (Wildman–Crippen LogP) is 4.96. The molecule has 46 heavy (non-hydrogen) atoms. The number of hydrogen-bond acceptors (Lipinski definition) is 6. The largest absolute Gasteiger partial charge is 0.471 e. The van der Waals surface area contributed by atoms with Gasteiger partial charge in [-0.15, -0.1) is 0 Å². The lowest BCUT2D eigenvalue weighted by molar-refractivity contribution is -0.184. The number of aryl methyl sites for hydroxylation is 1. The van der Waals surface area contributed by atoms with Gasteiger partial charge in [0.15, 0.2) is 5.82 Å². The zero-order chi connectivity index (χ0) is 34.1. The molecular formula is C27H22F10N6O3. The molecule has 3 atom stereocenters. The van der Waals surface area contributed by atoms with Gasteiger partial charge in [-0.3, -0.25) is 19.3 Å². The molecule has 3 amide bonds. The molecule has 248 valence electrons. The third kappa shape index (κ3) is 5.81. The fourth-order valence-corrected chi connectivity index (χ4v) is 5.82. The maximum absolute atomic E-state index is 15.3. The van der Waals surface area contributed by atoms with Gasteiger partial charge < -0.3 is 10.6 Å². The van der Waals surface area contributed by atoms with Crippen LogP contribution >= 0.6 is 0 Å². The number of likely N-dealkylation sites (tertiary alicyclic amines) is 1. The third-order valence-corrected chi connectivity index (χ3v) is 8.00.